The Morgan fingerprint density at radius 3 is 2.88 bits per heavy atom. The number of aromatic nitrogens is 2. The van der Waals surface area contributed by atoms with E-state index in [9.17, 15) is 0 Å². The van der Waals surface area contributed by atoms with Crippen molar-refractivity contribution in [3.05, 3.63) is 18.1 Å². The first-order chi connectivity index (χ1) is 7.81. The van der Waals surface area contributed by atoms with Crippen LogP contribution in [0, 0.1) is 6.92 Å². The molecule has 0 spiro atoms. The number of nitrogens with zero attached hydrogens (tertiary/aromatic N) is 3. The van der Waals surface area contributed by atoms with Crippen LogP contribution in [0.1, 0.15) is 31.5 Å². The number of hydrogen-bond acceptors (Lipinski definition) is 4. The zero-order valence-corrected chi connectivity index (χ0v) is 9.76. The molecule has 1 aromatic heterocycles. The summed E-state index contributed by atoms with van der Waals surface area (Å²) < 4.78 is 0. The van der Waals surface area contributed by atoms with Crippen LogP contribution in [0.25, 0.3) is 0 Å². The molecule has 1 N–H and O–H groups in total. The molecule has 4 nitrogen and oxygen atoms in total. The van der Waals surface area contributed by atoms with Gasteiger partial charge in [-0.25, -0.2) is 9.97 Å². The summed E-state index contributed by atoms with van der Waals surface area (Å²) in [5.74, 6) is 1.82. The van der Waals surface area contributed by atoms with Gasteiger partial charge in [-0.2, -0.15) is 0 Å². The fraction of sp³-hybridized carbons (Fsp3) is 0.667. The Balaban J connectivity index is 2.10. The number of aliphatic hydroxyl groups excluding tert-OH is 1. The van der Waals surface area contributed by atoms with Crippen molar-refractivity contribution >= 4 is 5.82 Å². The third-order valence-electron chi connectivity index (χ3n) is 3.13. The molecule has 1 fully saturated rings. The fourth-order valence-electron chi connectivity index (χ4n) is 2.03. The van der Waals surface area contributed by atoms with Gasteiger partial charge in [-0.3, -0.25) is 0 Å². The Bertz CT molecular complexity index is 339. The monoisotopic (exact) mass is 221 g/mol. The average molecular weight is 221 g/mol. The lowest BCUT2D eigenvalue weighted by Crippen LogP contribution is -2.41. The molecule has 0 amide bonds. The molecule has 0 unspecified atom stereocenters. The SMILES string of the molecule is Cc1nccc(N(CCCO)C2CCC2)n1. The minimum Gasteiger partial charge on any atom is -0.396 e. The van der Waals surface area contributed by atoms with E-state index in [4.69, 9.17) is 5.11 Å². The molecule has 0 atom stereocenters. The van der Waals surface area contributed by atoms with Gasteiger partial charge >= 0.3 is 0 Å². The van der Waals surface area contributed by atoms with Crippen LogP contribution in [0.2, 0.25) is 0 Å². The first-order valence-electron chi connectivity index (χ1n) is 5.98. The maximum atomic E-state index is 8.93. The third kappa shape index (κ3) is 2.50. The van der Waals surface area contributed by atoms with Crippen LogP contribution in [-0.4, -0.2) is 34.3 Å². The molecule has 1 aromatic rings. The van der Waals surface area contributed by atoms with Crippen molar-refractivity contribution in [3.63, 3.8) is 0 Å². The lowest BCUT2D eigenvalue weighted by molar-refractivity contribution is 0.282. The van der Waals surface area contributed by atoms with E-state index in [0.717, 1.165) is 24.6 Å². The Morgan fingerprint density at radius 1 is 1.50 bits per heavy atom. The smallest absolute Gasteiger partial charge is 0.132 e. The summed E-state index contributed by atoms with van der Waals surface area (Å²) in [6.07, 6.45) is 6.41. The van der Waals surface area contributed by atoms with Crippen molar-refractivity contribution < 1.29 is 5.11 Å². The quantitative estimate of drug-likeness (QED) is 0.819. The molecule has 0 aliphatic heterocycles. The fourth-order valence-corrected chi connectivity index (χ4v) is 2.03. The molecule has 4 heteroatoms. The predicted octanol–water partition coefficient (Wildman–Crippen LogP) is 1.53. The average Bonchev–Trinajstić information content (AvgIpc) is 2.21. The standard InChI is InChI=1S/C12H19N3O/c1-10-13-7-6-12(14-10)15(8-3-9-16)11-4-2-5-11/h6-7,11,16H,2-5,8-9H2,1H3. The molecule has 1 aliphatic carbocycles. The van der Waals surface area contributed by atoms with Gasteiger partial charge in [0.1, 0.15) is 11.6 Å². The second-order valence-electron chi connectivity index (χ2n) is 4.32. The summed E-state index contributed by atoms with van der Waals surface area (Å²) >= 11 is 0. The Kier molecular flexibility index (Phi) is 3.72. The van der Waals surface area contributed by atoms with Crippen molar-refractivity contribution in [2.75, 3.05) is 18.1 Å². The van der Waals surface area contributed by atoms with Crippen LogP contribution in [-0.2, 0) is 0 Å². The minimum absolute atomic E-state index is 0.243. The van der Waals surface area contributed by atoms with E-state index in [0.29, 0.717) is 6.04 Å². The number of hydrogen-bond donors (Lipinski definition) is 1. The first kappa shape index (κ1) is 11.3. The van der Waals surface area contributed by atoms with Crippen LogP contribution in [0.15, 0.2) is 12.3 Å². The molecule has 88 valence electrons. The van der Waals surface area contributed by atoms with E-state index >= 15 is 0 Å². The lowest BCUT2D eigenvalue weighted by atomic mass is 9.91. The second-order valence-corrected chi connectivity index (χ2v) is 4.32. The third-order valence-corrected chi connectivity index (χ3v) is 3.13. The highest BCUT2D eigenvalue weighted by atomic mass is 16.3. The Morgan fingerprint density at radius 2 is 2.31 bits per heavy atom. The normalized spacial score (nSPS) is 15.9. The maximum Gasteiger partial charge on any atom is 0.132 e. The van der Waals surface area contributed by atoms with Gasteiger partial charge in [0, 0.05) is 25.4 Å². The van der Waals surface area contributed by atoms with E-state index in [2.05, 4.69) is 14.9 Å². The zero-order chi connectivity index (χ0) is 11.4. The first-order valence-corrected chi connectivity index (χ1v) is 5.98. The topological polar surface area (TPSA) is 49.2 Å². The number of aryl methyl sites for hydroxylation is 1. The van der Waals surface area contributed by atoms with E-state index in [1.54, 1.807) is 0 Å². The molecule has 0 bridgehead atoms. The van der Waals surface area contributed by atoms with Crippen LogP contribution in [0.5, 0.6) is 0 Å². The van der Waals surface area contributed by atoms with Gasteiger partial charge in [-0.1, -0.05) is 0 Å². The summed E-state index contributed by atoms with van der Waals surface area (Å²) in [7, 11) is 0. The van der Waals surface area contributed by atoms with Gasteiger partial charge in [-0.15, -0.1) is 0 Å². The van der Waals surface area contributed by atoms with Crippen LogP contribution in [0.3, 0.4) is 0 Å². The molecule has 2 rings (SSSR count). The minimum atomic E-state index is 0.243. The van der Waals surface area contributed by atoms with Crippen molar-refractivity contribution in [1.29, 1.82) is 0 Å². The van der Waals surface area contributed by atoms with E-state index in [1.807, 2.05) is 19.2 Å². The number of anilines is 1. The second kappa shape index (κ2) is 5.25. The Labute approximate surface area is 96.3 Å². The van der Waals surface area contributed by atoms with E-state index in [-0.39, 0.29) is 6.61 Å². The van der Waals surface area contributed by atoms with Crippen LogP contribution < -0.4 is 4.90 Å². The van der Waals surface area contributed by atoms with Crippen LogP contribution >= 0.6 is 0 Å². The molecule has 0 saturated heterocycles. The summed E-state index contributed by atoms with van der Waals surface area (Å²) in [4.78, 5) is 10.9. The van der Waals surface area contributed by atoms with Gasteiger partial charge in [0.05, 0.1) is 0 Å². The Hall–Kier alpha value is -1.16. The summed E-state index contributed by atoms with van der Waals surface area (Å²) in [5.41, 5.74) is 0. The molecule has 16 heavy (non-hydrogen) atoms. The largest absolute Gasteiger partial charge is 0.396 e. The van der Waals surface area contributed by atoms with Gasteiger partial charge < -0.3 is 10.0 Å². The van der Waals surface area contributed by atoms with Crippen molar-refractivity contribution in [2.45, 2.75) is 38.6 Å². The van der Waals surface area contributed by atoms with E-state index < -0.39 is 0 Å². The van der Waals surface area contributed by atoms with Gasteiger partial charge in [0.15, 0.2) is 0 Å². The van der Waals surface area contributed by atoms with Crippen LogP contribution in [0.4, 0.5) is 5.82 Å². The summed E-state index contributed by atoms with van der Waals surface area (Å²) in [6.45, 7) is 3.04. The highest BCUT2D eigenvalue weighted by Gasteiger charge is 2.25. The highest BCUT2D eigenvalue weighted by molar-refractivity contribution is 5.39. The molecule has 0 aromatic carbocycles. The maximum absolute atomic E-state index is 8.93. The number of aliphatic hydroxyl groups is 1. The van der Waals surface area contributed by atoms with Crippen molar-refractivity contribution in [3.8, 4) is 0 Å². The van der Waals surface area contributed by atoms with Gasteiger partial charge in [-0.05, 0) is 38.7 Å². The highest BCUT2D eigenvalue weighted by Crippen LogP contribution is 2.28. The van der Waals surface area contributed by atoms with E-state index in [1.165, 1.54) is 19.3 Å². The number of rotatable bonds is 5. The van der Waals surface area contributed by atoms with Crippen molar-refractivity contribution in [2.24, 2.45) is 0 Å². The zero-order valence-electron chi connectivity index (χ0n) is 9.76. The van der Waals surface area contributed by atoms with Gasteiger partial charge in [0.2, 0.25) is 0 Å². The predicted molar refractivity (Wildman–Crippen MR) is 63.5 cm³/mol. The van der Waals surface area contributed by atoms with Crippen molar-refractivity contribution in [1.82, 2.24) is 9.97 Å². The lowest BCUT2D eigenvalue weighted by Gasteiger charge is -2.38. The molecule has 0 radical (unpaired) electrons. The summed E-state index contributed by atoms with van der Waals surface area (Å²) in [5, 5.41) is 8.93. The molecular weight excluding hydrogens is 202 g/mol. The molecule has 1 heterocycles. The molecular formula is C12H19N3O. The molecule has 1 saturated carbocycles. The summed E-state index contributed by atoms with van der Waals surface area (Å²) in [6, 6.07) is 2.57. The van der Waals surface area contributed by atoms with Gasteiger partial charge in [0.25, 0.3) is 0 Å². The molecule has 1 aliphatic rings.